The number of hydrogen-bond acceptors (Lipinski definition) is 6. The third-order valence-corrected chi connectivity index (χ3v) is 3.80. The van der Waals surface area contributed by atoms with Gasteiger partial charge >= 0.3 is 6.18 Å². The summed E-state index contributed by atoms with van der Waals surface area (Å²) >= 11 is 3.12. The zero-order valence-corrected chi connectivity index (χ0v) is 14.6. The van der Waals surface area contributed by atoms with Gasteiger partial charge in [-0.1, -0.05) is 0 Å². The van der Waals surface area contributed by atoms with Crippen molar-refractivity contribution in [1.82, 2.24) is 0 Å². The molecule has 0 aliphatic heterocycles. The van der Waals surface area contributed by atoms with Crippen molar-refractivity contribution < 1.29 is 27.9 Å². The summed E-state index contributed by atoms with van der Waals surface area (Å²) in [6.07, 6.45) is -3.43. The quantitative estimate of drug-likeness (QED) is 0.409. The van der Waals surface area contributed by atoms with E-state index in [0.29, 0.717) is 22.2 Å². The van der Waals surface area contributed by atoms with Crippen molar-refractivity contribution in [3.05, 3.63) is 56.0 Å². The van der Waals surface area contributed by atoms with Crippen LogP contribution >= 0.6 is 15.9 Å². The Morgan fingerprint density at radius 2 is 2.04 bits per heavy atom. The van der Waals surface area contributed by atoms with E-state index in [0.717, 1.165) is 6.07 Å². The average molecular weight is 434 g/mol. The zero-order valence-electron chi connectivity index (χ0n) is 13.0. The lowest BCUT2D eigenvalue weighted by molar-refractivity contribution is -0.384. The molecule has 0 saturated carbocycles. The van der Waals surface area contributed by atoms with E-state index >= 15 is 0 Å². The van der Waals surface area contributed by atoms with E-state index in [2.05, 4.69) is 26.5 Å². The van der Waals surface area contributed by atoms with Gasteiger partial charge in [0.1, 0.15) is 5.69 Å². The molecule has 7 nitrogen and oxygen atoms in total. The predicted octanol–water partition coefficient (Wildman–Crippen LogP) is 4.54. The Morgan fingerprint density at radius 1 is 1.35 bits per heavy atom. The third-order valence-electron chi connectivity index (χ3n) is 3.19. The summed E-state index contributed by atoms with van der Waals surface area (Å²) in [5, 5.41) is 24.5. The number of hydrazone groups is 1. The van der Waals surface area contributed by atoms with Gasteiger partial charge in [0, 0.05) is 6.07 Å². The van der Waals surface area contributed by atoms with Gasteiger partial charge in [0.15, 0.2) is 11.5 Å². The Hall–Kier alpha value is -2.82. The average Bonchev–Trinajstić information content (AvgIpc) is 2.56. The second kappa shape index (κ2) is 7.60. The molecule has 26 heavy (non-hydrogen) atoms. The molecule has 0 bridgehead atoms. The second-order valence-corrected chi connectivity index (χ2v) is 5.76. The van der Waals surface area contributed by atoms with E-state index in [1.807, 2.05) is 0 Å². The number of methoxy groups -OCH3 is 1. The van der Waals surface area contributed by atoms with Crippen molar-refractivity contribution in [3.63, 3.8) is 0 Å². The lowest BCUT2D eigenvalue weighted by Crippen LogP contribution is -2.06. The maximum absolute atomic E-state index is 12.7. The number of nitro benzene ring substituents is 1. The molecule has 0 radical (unpaired) electrons. The van der Waals surface area contributed by atoms with E-state index in [-0.39, 0.29) is 17.2 Å². The highest BCUT2D eigenvalue weighted by atomic mass is 79.9. The first-order valence-electron chi connectivity index (χ1n) is 6.84. The van der Waals surface area contributed by atoms with E-state index < -0.39 is 22.4 Å². The normalized spacial score (nSPS) is 11.6. The summed E-state index contributed by atoms with van der Waals surface area (Å²) < 4.78 is 43.3. The first-order valence-corrected chi connectivity index (χ1v) is 7.64. The number of nitro groups is 1. The van der Waals surface area contributed by atoms with Crippen molar-refractivity contribution in [2.24, 2.45) is 5.10 Å². The van der Waals surface area contributed by atoms with Gasteiger partial charge in [-0.05, 0) is 45.8 Å². The highest BCUT2D eigenvalue weighted by molar-refractivity contribution is 9.10. The minimum absolute atomic E-state index is 0.115. The van der Waals surface area contributed by atoms with Crippen molar-refractivity contribution >= 4 is 33.5 Å². The van der Waals surface area contributed by atoms with E-state index in [1.54, 1.807) is 0 Å². The van der Waals surface area contributed by atoms with Gasteiger partial charge in [0.05, 0.1) is 28.3 Å². The van der Waals surface area contributed by atoms with Crippen LogP contribution in [0.25, 0.3) is 0 Å². The van der Waals surface area contributed by atoms with Crippen LogP contribution < -0.4 is 10.2 Å². The Labute approximate surface area is 153 Å². The van der Waals surface area contributed by atoms with E-state index in [4.69, 9.17) is 4.74 Å². The molecular weight excluding hydrogens is 423 g/mol. The van der Waals surface area contributed by atoms with Crippen LogP contribution in [-0.2, 0) is 6.18 Å². The number of halogens is 4. The Kier molecular flexibility index (Phi) is 5.70. The number of benzene rings is 2. The molecule has 0 fully saturated rings. The first kappa shape index (κ1) is 19.5. The summed E-state index contributed by atoms with van der Waals surface area (Å²) in [5.41, 5.74) is 0.701. The number of hydrogen-bond donors (Lipinski definition) is 2. The lowest BCUT2D eigenvalue weighted by atomic mass is 10.1. The molecule has 0 amide bonds. The van der Waals surface area contributed by atoms with Crippen LogP contribution in [0.1, 0.15) is 11.1 Å². The van der Waals surface area contributed by atoms with Gasteiger partial charge in [-0.15, -0.1) is 0 Å². The Morgan fingerprint density at radius 3 is 2.62 bits per heavy atom. The lowest BCUT2D eigenvalue weighted by Gasteiger charge is -2.08. The number of anilines is 1. The van der Waals surface area contributed by atoms with Crippen LogP contribution in [0.2, 0.25) is 0 Å². The molecule has 0 spiro atoms. The van der Waals surface area contributed by atoms with Gasteiger partial charge in [-0.25, -0.2) is 0 Å². The number of alkyl halides is 3. The fourth-order valence-electron chi connectivity index (χ4n) is 1.95. The van der Waals surface area contributed by atoms with E-state index in [9.17, 15) is 28.4 Å². The molecule has 0 heterocycles. The molecule has 2 rings (SSSR count). The molecule has 0 aliphatic carbocycles. The van der Waals surface area contributed by atoms with Crippen LogP contribution in [0.4, 0.5) is 24.5 Å². The molecule has 11 heteroatoms. The largest absolute Gasteiger partial charge is 0.503 e. The third kappa shape index (κ3) is 4.42. The number of ether oxygens (including phenoxy) is 1. The fourth-order valence-corrected chi connectivity index (χ4v) is 2.41. The fraction of sp³-hybridized carbons (Fsp3) is 0.133. The molecule has 138 valence electrons. The van der Waals surface area contributed by atoms with Crippen LogP contribution in [0.15, 0.2) is 39.9 Å². The first-order chi connectivity index (χ1) is 12.1. The van der Waals surface area contributed by atoms with Crippen molar-refractivity contribution in [3.8, 4) is 11.5 Å². The van der Waals surface area contributed by atoms with Gasteiger partial charge in [0.25, 0.3) is 5.69 Å². The highest BCUT2D eigenvalue weighted by Gasteiger charge is 2.33. The van der Waals surface area contributed by atoms with Gasteiger partial charge in [0.2, 0.25) is 0 Å². The minimum Gasteiger partial charge on any atom is -0.503 e. The number of nitrogens with one attached hydrogen (secondary N) is 1. The van der Waals surface area contributed by atoms with Gasteiger partial charge < -0.3 is 9.84 Å². The Balaban J connectivity index is 2.28. The number of phenolic OH excluding ortho intramolecular Hbond substituents is 1. The number of rotatable bonds is 5. The SMILES string of the molecule is COc1cc(C=NNc2ccc(C(F)(F)F)cc2[N+](=O)[O-])cc(Br)c1O. The van der Waals surface area contributed by atoms with Gasteiger partial charge in [-0.2, -0.15) is 18.3 Å². The van der Waals surface area contributed by atoms with Crippen molar-refractivity contribution in [2.45, 2.75) is 6.18 Å². The molecule has 0 aromatic heterocycles. The highest BCUT2D eigenvalue weighted by Crippen LogP contribution is 2.36. The molecule has 0 unspecified atom stereocenters. The number of phenols is 1. The molecule has 2 N–H and O–H groups in total. The standard InChI is InChI=1S/C15H11BrF3N3O4/c1-26-13-5-8(4-10(16)14(13)23)7-20-21-11-3-2-9(15(17,18)19)6-12(11)22(24)25/h2-7,21,23H,1H3. The van der Waals surface area contributed by atoms with Crippen molar-refractivity contribution in [2.75, 3.05) is 12.5 Å². The number of aromatic hydroxyl groups is 1. The minimum atomic E-state index is -4.69. The molecule has 0 saturated heterocycles. The monoisotopic (exact) mass is 433 g/mol. The maximum atomic E-state index is 12.7. The summed E-state index contributed by atoms with van der Waals surface area (Å²) in [7, 11) is 1.35. The van der Waals surface area contributed by atoms with Crippen LogP contribution in [0.3, 0.4) is 0 Å². The summed E-state index contributed by atoms with van der Waals surface area (Å²) in [5.74, 6) is 0.0531. The molecule has 2 aromatic carbocycles. The van der Waals surface area contributed by atoms with Crippen LogP contribution in [0, 0.1) is 10.1 Å². The van der Waals surface area contributed by atoms with Gasteiger partial charge in [-0.3, -0.25) is 15.5 Å². The summed E-state index contributed by atoms with van der Waals surface area (Å²) in [6, 6.07) is 5.02. The molecule has 2 aromatic rings. The second-order valence-electron chi connectivity index (χ2n) is 4.91. The maximum Gasteiger partial charge on any atom is 0.416 e. The van der Waals surface area contributed by atoms with Crippen LogP contribution in [-0.4, -0.2) is 23.4 Å². The van der Waals surface area contributed by atoms with Crippen molar-refractivity contribution in [1.29, 1.82) is 0 Å². The summed E-state index contributed by atoms with van der Waals surface area (Å²) in [4.78, 5) is 10.1. The molecule has 0 aliphatic rings. The number of nitrogens with zero attached hydrogens (tertiary/aromatic N) is 2. The Bertz CT molecular complexity index is 872. The topological polar surface area (TPSA) is 97.0 Å². The summed E-state index contributed by atoms with van der Waals surface area (Å²) in [6.45, 7) is 0. The van der Waals surface area contributed by atoms with E-state index in [1.165, 1.54) is 25.5 Å². The van der Waals surface area contributed by atoms with Crippen LogP contribution in [0.5, 0.6) is 11.5 Å². The molecular formula is C15H11BrF3N3O4. The predicted molar refractivity (Wildman–Crippen MR) is 91.7 cm³/mol. The smallest absolute Gasteiger partial charge is 0.416 e. The zero-order chi connectivity index (χ0) is 19.5. The molecule has 0 atom stereocenters.